The molecule has 1 aliphatic heterocycles. The van der Waals surface area contributed by atoms with Crippen molar-refractivity contribution in [2.24, 2.45) is 11.3 Å². The third kappa shape index (κ3) is 4.20. The summed E-state index contributed by atoms with van der Waals surface area (Å²) in [6.07, 6.45) is 2.72. The Bertz CT molecular complexity index is 163. The molecule has 0 atom stereocenters. The van der Waals surface area contributed by atoms with Gasteiger partial charge < -0.3 is 0 Å². The molecule has 0 aliphatic carbocycles. The molecule has 1 nitrogen and oxygen atoms in total. The molecule has 1 rings (SSSR count). The van der Waals surface area contributed by atoms with E-state index < -0.39 is 0 Å². The third-order valence-corrected chi connectivity index (χ3v) is 5.13. The Balaban J connectivity index is 2.47. The number of piperidine rings is 1. The fourth-order valence-electron chi connectivity index (χ4n) is 2.00. The highest BCUT2D eigenvalue weighted by Gasteiger charge is 2.34. The molecule has 0 unspecified atom stereocenters. The average Bonchev–Trinajstić information content (AvgIpc) is 2.01. The van der Waals surface area contributed by atoms with Gasteiger partial charge in [0.15, 0.2) is -0.441 Å². The van der Waals surface area contributed by atoms with Crippen molar-refractivity contribution in [1.82, 2.24) is 4.90 Å². The summed E-state index contributed by atoms with van der Waals surface area (Å²) in [5.74, 6) is 0.908. The first-order valence-corrected chi connectivity index (χ1v) is 8.26. The van der Waals surface area contributed by atoms with Gasteiger partial charge in [-0.05, 0) is 91.9 Å². The summed E-state index contributed by atoms with van der Waals surface area (Å²) in [4.78, 5) is 2.58. The molecule has 0 aromatic carbocycles. The van der Waals surface area contributed by atoms with Crippen LogP contribution in [0.15, 0.2) is 0 Å². The van der Waals surface area contributed by atoms with E-state index in [1.54, 1.807) is 0 Å². The van der Waals surface area contributed by atoms with Gasteiger partial charge in [0.1, 0.15) is 0 Å². The normalized spacial score (nSPS) is 22.7. The van der Waals surface area contributed by atoms with Crippen LogP contribution in [0.2, 0.25) is 0 Å². The minimum atomic E-state index is 0.274. The molecule has 0 saturated carbocycles. The molecule has 1 fully saturated rings. The lowest BCUT2D eigenvalue weighted by molar-refractivity contribution is 0.122. The summed E-state index contributed by atoms with van der Waals surface area (Å²) in [5, 5.41) is 0. The molecule has 1 saturated heterocycles. The summed E-state index contributed by atoms with van der Waals surface area (Å²) >= 11 is 7.57. The van der Waals surface area contributed by atoms with Crippen molar-refractivity contribution in [3.63, 3.8) is 0 Å². The zero-order chi connectivity index (χ0) is 11.0. The second-order valence-corrected chi connectivity index (χ2v) is 16.0. The first-order chi connectivity index (χ1) is 6.21. The minimum Gasteiger partial charge on any atom is -0.273 e. The number of rotatable bonds is 1. The van der Waals surface area contributed by atoms with Crippen LogP contribution in [0.3, 0.4) is 0 Å². The summed E-state index contributed by atoms with van der Waals surface area (Å²) in [6.45, 7) is 9.64. The second kappa shape index (κ2) is 5.20. The molecule has 0 aromatic rings. The highest BCUT2D eigenvalue weighted by Crippen LogP contribution is 2.43. The highest BCUT2D eigenvalue weighted by atomic mass is 127. The average molecular weight is 533 g/mol. The number of nitrogens with zero attached hydrogens (tertiary/aromatic N) is 1. The monoisotopic (exact) mass is 533 g/mol. The quantitative estimate of drug-likeness (QED) is 0.270. The van der Waals surface area contributed by atoms with Gasteiger partial charge in [0.05, 0.1) is 0 Å². The Labute approximate surface area is 129 Å². The molecule has 14 heavy (non-hydrogen) atoms. The lowest BCUT2D eigenvalue weighted by Crippen LogP contribution is -2.43. The maximum absolute atomic E-state index is 2.58. The van der Waals surface area contributed by atoms with E-state index in [0.717, 1.165) is 5.92 Å². The molecular weight excluding hydrogens is 515 g/mol. The summed E-state index contributed by atoms with van der Waals surface area (Å²) in [5.41, 5.74) is 0.497. The fourth-order valence-corrected chi connectivity index (χ4v) is 3.45. The predicted molar refractivity (Wildman–Crippen MR) is 88.5 cm³/mol. The van der Waals surface area contributed by atoms with E-state index in [0.29, 0.717) is 5.41 Å². The lowest BCUT2D eigenvalue weighted by Gasteiger charge is -2.41. The van der Waals surface area contributed by atoms with Gasteiger partial charge in [0.2, 0.25) is 0 Å². The number of halogens is 3. The maximum atomic E-state index is 2.58. The van der Waals surface area contributed by atoms with Crippen molar-refractivity contribution in [2.75, 3.05) is 13.1 Å². The van der Waals surface area contributed by atoms with E-state index in [9.17, 15) is 0 Å². The summed E-state index contributed by atoms with van der Waals surface area (Å²) in [7, 11) is 0. The topological polar surface area (TPSA) is 3.24 Å². The van der Waals surface area contributed by atoms with Crippen LogP contribution in [-0.4, -0.2) is 17.5 Å². The van der Waals surface area contributed by atoms with Crippen LogP contribution in [0.4, 0.5) is 0 Å². The molecule has 0 N–H and O–H groups in total. The molecule has 0 spiro atoms. The smallest absolute Gasteiger partial charge is 0.176 e. The van der Waals surface area contributed by atoms with E-state index in [1.807, 2.05) is 0 Å². The Morgan fingerprint density at radius 3 is 1.71 bits per heavy atom. The SMILES string of the molecule is CC(C)(C)C1CCN(C(I)(I)I)CC1. The van der Waals surface area contributed by atoms with Gasteiger partial charge in [-0.25, -0.2) is 0 Å². The van der Waals surface area contributed by atoms with Crippen LogP contribution >= 0.6 is 67.8 Å². The molecule has 0 bridgehead atoms. The molecule has 0 amide bonds. The lowest BCUT2D eigenvalue weighted by atomic mass is 9.75. The van der Waals surface area contributed by atoms with Gasteiger partial charge in [-0.15, -0.1) is 0 Å². The van der Waals surface area contributed by atoms with Crippen LogP contribution in [0, 0.1) is 11.3 Å². The highest BCUT2D eigenvalue weighted by molar-refractivity contribution is 14.3. The van der Waals surface area contributed by atoms with Crippen LogP contribution in [0.1, 0.15) is 33.6 Å². The molecule has 84 valence electrons. The van der Waals surface area contributed by atoms with Gasteiger partial charge in [0.25, 0.3) is 0 Å². The fraction of sp³-hybridized carbons (Fsp3) is 1.00. The standard InChI is InChI=1S/C10H18I3N/c1-9(2,3)8-4-6-14(7-5-8)10(11,12)13/h8H,4-7H2,1-3H3. The van der Waals surface area contributed by atoms with E-state index >= 15 is 0 Å². The predicted octanol–water partition coefficient (Wildman–Crippen LogP) is 4.66. The van der Waals surface area contributed by atoms with Gasteiger partial charge in [-0.2, -0.15) is 0 Å². The minimum absolute atomic E-state index is 0.274. The summed E-state index contributed by atoms with van der Waals surface area (Å²) < 4.78 is 0.274. The zero-order valence-corrected chi connectivity index (χ0v) is 15.5. The largest absolute Gasteiger partial charge is 0.273 e. The third-order valence-electron chi connectivity index (χ3n) is 3.08. The summed E-state index contributed by atoms with van der Waals surface area (Å²) in [6, 6.07) is 0. The van der Waals surface area contributed by atoms with Crippen molar-refractivity contribution in [3.05, 3.63) is 0 Å². The van der Waals surface area contributed by atoms with Crippen molar-refractivity contribution >= 4 is 67.8 Å². The van der Waals surface area contributed by atoms with Gasteiger partial charge in [0, 0.05) is 13.1 Å². The molecule has 0 aromatic heterocycles. The number of hydrogen-bond acceptors (Lipinski definition) is 1. The number of hydrogen-bond donors (Lipinski definition) is 0. The molecule has 1 aliphatic rings. The van der Waals surface area contributed by atoms with Crippen molar-refractivity contribution < 1.29 is 0 Å². The van der Waals surface area contributed by atoms with Gasteiger partial charge in [-0.1, -0.05) is 20.8 Å². The van der Waals surface area contributed by atoms with Crippen LogP contribution < -0.4 is 0 Å². The van der Waals surface area contributed by atoms with Gasteiger partial charge >= 0.3 is 0 Å². The van der Waals surface area contributed by atoms with Crippen molar-refractivity contribution in [1.29, 1.82) is 0 Å². The van der Waals surface area contributed by atoms with Crippen LogP contribution in [0.25, 0.3) is 0 Å². The number of alkyl halides is 3. The second-order valence-electron chi connectivity index (χ2n) is 5.10. The first-order valence-electron chi connectivity index (χ1n) is 5.03. The maximum Gasteiger partial charge on any atom is 0.176 e. The Hall–Kier alpha value is 2.15. The van der Waals surface area contributed by atoms with Crippen LogP contribution in [0.5, 0.6) is 0 Å². The van der Waals surface area contributed by atoms with E-state index in [4.69, 9.17) is 0 Å². The first kappa shape index (κ1) is 14.2. The molecular formula is C10H18I3N. The Kier molecular flexibility index (Phi) is 5.28. The van der Waals surface area contributed by atoms with E-state index in [1.165, 1.54) is 25.9 Å². The molecule has 4 heteroatoms. The van der Waals surface area contributed by atoms with Gasteiger partial charge in [-0.3, -0.25) is 4.90 Å². The van der Waals surface area contributed by atoms with E-state index in [2.05, 4.69) is 93.4 Å². The van der Waals surface area contributed by atoms with E-state index in [-0.39, 0.29) is -0.441 Å². The van der Waals surface area contributed by atoms with Crippen LogP contribution in [-0.2, 0) is 0 Å². The Morgan fingerprint density at radius 1 is 1.00 bits per heavy atom. The number of likely N-dealkylation sites (tertiary alicyclic amines) is 1. The zero-order valence-electron chi connectivity index (χ0n) is 8.99. The molecule has 0 radical (unpaired) electrons. The Morgan fingerprint density at radius 2 is 1.43 bits per heavy atom. The molecule has 1 heterocycles. The van der Waals surface area contributed by atoms with Crippen molar-refractivity contribution in [2.45, 2.75) is 33.2 Å². The van der Waals surface area contributed by atoms with Crippen molar-refractivity contribution in [3.8, 4) is 0 Å².